The van der Waals surface area contributed by atoms with E-state index in [1.165, 1.54) is 11.0 Å². The van der Waals surface area contributed by atoms with Gasteiger partial charge in [-0.2, -0.15) is 0 Å². The number of carbonyl (C=O) groups is 2. The number of tetrazole rings is 1. The Bertz CT molecular complexity index is 690. The molecule has 0 saturated heterocycles. The highest BCUT2D eigenvalue weighted by Gasteiger charge is 2.41. The van der Waals surface area contributed by atoms with Crippen molar-refractivity contribution < 1.29 is 14.7 Å². The second-order valence-electron chi connectivity index (χ2n) is 5.70. The van der Waals surface area contributed by atoms with E-state index in [1.807, 2.05) is 0 Å². The van der Waals surface area contributed by atoms with Crippen LogP contribution in [0.3, 0.4) is 0 Å². The summed E-state index contributed by atoms with van der Waals surface area (Å²) in [5.74, 6) is -1.34. The Morgan fingerprint density at radius 2 is 1.83 bits per heavy atom. The number of rotatable bonds is 4. The summed E-state index contributed by atoms with van der Waals surface area (Å²) in [6.45, 7) is 0. The van der Waals surface area contributed by atoms with Gasteiger partial charge >= 0.3 is 5.97 Å². The minimum absolute atomic E-state index is 0.377. The molecule has 1 saturated carbocycles. The lowest BCUT2D eigenvalue weighted by atomic mass is 9.81. The van der Waals surface area contributed by atoms with Crippen LogP contribution >= 0.6 is 0 Å². The molecule has 0 bridgehead atoms. The van der Waals surface area contributed by atoms with Crippen LogP contribution in [0.15, 0.2) is 30.6 Å². The molecule has 0 aliphatic heterocycles. The first kappa shape index (κ1) is 15.1. The molecule has 1 aromatic heterocycles. The summed E-state index contributed by atoms with van der Waals surface area (Å²) >= 11 is 0. The molecule has 0 spiro atoms. The second kappa shape index (κ2) is 6.15. The third kappa shape index (κ3) is 3.05. The molecule has 0 radical (unpaired) electrons. The Morgan fingerprint density at radius 1 is 1.13 bits per heavy atom. The summed E-state index contributed by atoms with van der Waals surface area (Å²) in [7, 11) is 0. The Labute approximate surface area is 132 Å². The lowest BCUT2D eigenvalue weighted by Crippen LogP contribution is -2.55. The van der Waals surface area contributed by atoms with E-state index in [0.717, 1.165) is 24.9 Å². The number of benzene rings is 1. The maximum absolute atomic E-state index is 12.4. The molecule has 0 atom stereocenters. The topological polar surface area (TPSA) is 110 Å². The van der Waals surface area contributed by atoms with Gasteiger partial charge in [0, 0.05) is 5.56 Å². The largest absolute Gasteiger partial charge is 0.480 e. The van der Waals surface area contributed by atoms with Gasteiger partial charge in [0.05, 0.1) is 5.69 Å². The van der Waals surface area contributed by atoms with E-state index in [0.29, 0.717) is 18.4 Å². The molecule has 0 unspecified atom stereocenters. The molecule has 1 aliphatic carbocycles. The summed E-state index contributed by atoms with van der Waals surface area (Å²) in [6, 6.07) is 6.68. The van der Waals surface area contributed by atoms with Crippen molar-refractivity contribution in [3.8, 4) is 5.69 Å². The van der Waals surface area contributed by atoms with Gasteiger partial charge in [0.2, 0.25) is 0 Å². The van der Waals surface area contributed by atoms with Crippen LogP contribution in [0.1, 0.15) is 42.5 Å². The van der Waals surface area contributed by atoms with Gasteiger partial charge in [-0.05, 0) is 47.5 Å². The summed E-state index contributed by atoms with van der Waals surface area (Å²) in [4.78, 5) is 24.0. The number of nitrogens with one attached hydrogen (secondary N) is 1. The number of aromatic nitrogens is 4. The molecule has 1 aliphatic rings. The molecule has 2 N–H and O–H groups in total. The quantitative estimate of drug-likeness (QED) is 0.876. The molecule has 1 aromatic carbocycles. The van der Waals surface area contributed by atoms with E-state index in [9.17, 15) is 14.7 Å². The number of carboxylic acids is 1. The van der Waals surface area contributed by atoms with Crippen LogP contribution < -0.4 is 5.32 Å². The number of nitrogens with zero attached hydrogens (tertiary/aromatic N) is 4. The third-order valence-corrected chi connectivity index (χ3v) is 4.21. The molecule has 1 fully saturated rings. The van der Waals surface area contributed by atoms with Gasteiger partial charge in [-0.1, -0.05) is 19.3 Å². The average molecular weight is 315 g/mol. The smallest absolute Gasteiger partial charge is 0.329 e. The molecular formula is C15H17N5O3. The Hall–Kier alpha value is -2.77. The van der Waals surface area contributed by atoms with Crippen molar-refractivity contribution in [2.24, 2.45) is 0 Å². The minimum atomic E-state index is -1.15. The monoisotopic (exact) mass is 315 g/mol. The summed E-state index contributed by atoms with van der Waals surface area (Å²) in [5.41, 5.74) is -0.0192. The van der Waals surface area contributed by atoms with Crippen molar-refractivity contribution in [1.82, 2.24) is 25.5 Å². The zero-order valence-electron chi connectivity index (χ0n) is 12.5. The van der Waals surface area contributed by atoms with E-state index < -0.39 is 11.5 Å². The molecule has 8 heteroatoms. The first-order valence-corrected chi connectivity index (χ1v) is 7.50. The van der Waals surface area contributed by atoms with Gasteiger partial charge in [0.25, 0.3) is 5.91 Å². The Morgan fingerprint density at radius 3 is 2.39 bits per heavy atom. The summed E-state index contributed by atoms with van der Waals surface area (Å²) < 4.78 is 1.47. The predicted octanol–water partition coefficient (Wildman–Crippen LogP) is 1.18. The lowest BCUT2D eigenvalue weighted by molar-refractivity contribution is -0.145. The highest BCUT2D eigenvalue weighted by molar-refractivity contribution is 5.98. The van der Waals surface area contributed by atoms with Crippen LogP contribution in [0.4, 0.5) is 0 Å². The van der Waals surface area contributed by atoms with Crippen LogP contribution in [0.25, 0.3) is 5.69 Å². The molecule has 1 heterocycles. The minimum Gasteiger partial charge on any atom is -0.480 e. The van der Waals surface area contributed by atoms with Gasteiger partial charge in [0.1, 0.15) is 11.9 Å². The molecule has 8 nitrogen and oxygen atoms in total. The van der Waals surface area contributed by atoms with E-state index in [1.54, 1.807) is 24.3 Å². The van der Waals surface area contributed by atoms with Crippen LogP contribution in [0.2, 0.25) is 0 Å². The van der Waals surface area contributed by atoms with Gasteiger partial charge in [-0.25, -0.2) is 9.48 Å². The summed E-state index contributed by atoms with van der Waals surface area (Å²) in [6.07, 6.45) is 5.02. The van der Waals surface area contributed by atoms with E-state index in [-0.39, 0.29) is 5.91 Å². The normalized spacial score (nSPS) is 16.7. The molecule has 2 aromatic rings. The fourth-order valence-electron chi connectivity index (χ4n) is 2.88. The first-order valence-electron chi connectivity index (χ1n) is 7.50. The lowest BCUT2D eigenvalue weighted by Gasteiger charge is -2.34. The van der Waals surface area contributed by atoms with Crippen molar-refractivity contribution in [3.63, 3.8) is 0 Å². The van der Waals surface area contributed by atoms with Crippen LogP contribution in [0, 0.1) is 0 Å². The third-order valence-electron chi connectivity index (χ3n) is 4.21. The number of hydrogen-bond donors (Lipinski definition) is 2. The molecular weight excluding hydrogens is 298 g/mol. The fourth-order valence-corrected chi connectivity index (χ4v) is 2.88. The summed E-state index contributed by atoms with van der Waals surface area (Å²) in [5, 5.41) is 23.1. The number of aliphatic carboxylic acids is 1. The fraction of sp³-hybridized carbons (Fsp3) is 0.400. The maximum Gasteiger partial charge on any atom is 0.329 e. The van der Waals surface area contributed by atoms with Crippen LogP contribution in [-0.2, 0) is 4.79 Å². The van der Waals surface area contributed by atoms with Crippen molar-refractivity contribution in [1.29, 1.82) is 0 Å². The van der Waals surface area contributed by atoms with E-state index in [4.69, 9.17) is 0 Å². The highest BCUT2D eigenvalue weighted by atomic mass is 16.4. The number of amides is 1. The molecule has 3 rings (SSSR count). The molecule has 1 amide bonds. The van der Waals surface area contributed by atoms with E-state index in [2.05, 4.69) is 20.8 Å². The van der Waals surface area contributed by atoms with Crippen molar-refractivity contribution >= 4 is 11.9 Å². The van der Waals surface area contributed by atoms with Gasteiger partial charge < -0.3 is 10.4 Å². The maximum atomic E-state index is 12.4. The number of carbonyl (C=O) groups excluding carboxylic acids is 1. The number of carboxylic acid groups (broad SMARTS) is 1. The van der Waals surface area contributed by atoms with E-state index >= 15 is 0 Å². The SMILES string of the molecule is O=C(NC1(C(=O)O)CCCCC1)c1ccc(-n2cnnn2)cc1. The predicted molar refractivity (Wildman–Crippen MR) is 80.1 cm³/mol. The first-order chi connectivity index (χ1) is 11.1. The number of hydrogen-bond acceptors (Lipinski definition) is 5. The van der Waals surface area contributed by atoms with Gasteiger partial charge in [-0.15, -0.1) is 5.10 Å². The van der Waals surface area contributed by atoms with Gasteiger partial charge in [-0.3, -0.25) is 4.79 Å². The van der Waals surface area contributed by atoms with Crippen LogP contribution in [0.5, 0.6) is 0 Å². The van der Waals surface area contributed by atoms with Crippen molar-refractivity contribution in [2.45, 2.75) is 37.6 Å². The second-order valence-corrected chi connectivity index (χ2v) is 5.70. The van der Waals surface area contributed by atoms with Crippen LogP contribution in [-0.4, -0.2) is 42.7 Å². The Kier molecular flexibility index (Phi) is 4.05. The van der Waals surface area contributed by atoms with Gasteiger partial charge in [0.15, 0.2) is 0 Å². The molecule has 23 heavy (non-hydrogen) atoms. The highest BCUT2D eigenvalue weighted by Crippen LogP contribution is 2.29. The average Bonchev–Trinajstić information content (AvgIpc) is 3.10. The zero-order valence-corrected chi connectivity index (χ0v) is 12.5. The van der Waals surface area contributed by atoms with Crippen molar-refractivity contribution in [3.05, 3.63) is 36.2 Å². The molecule has 120 valence electrons. The van der Waals surface area contributed by atoms with Crippen molar-refractivity contribution in [2.75, 3.05) is 0 Å². The zero-order chi connectivity index (χ0) is 16.3. The standard InChI is InChI=1S/C15H17N5O3/c21-13(17-15(14(22)23)8-2-1-3-9-15)11-4-6-12(7-5-11)20-10-16-18-19-20/h4-7,10H,1-3,8-9H2,(H,17,21)(H,22,23). The Balaban J connectivity index is 1.76.